The van der Waals surface area contributed by atoms with Crippen molar-refractivity contribution in [2.45, 2.75) is 19.0 Å². The largest absolute Gasteiger partial charge is 0.378 e. The van der Waals surface area contributed by atoms with Gasteiger partial charge >= 0.3 is 6.03 Å². The number of anilines is 1. The molecule has 4 amide bonds. The van der Waals surface area contributed by atoms with Gasteiger partial charge < -0.3 is 15.5 Å². The highest BCUT2D eigenvalue weighted by molar-refractivity contribution is 6.09. The molecule has 1 saturated heterocycles. The average molecular weight is 380 g/mol. The summed E-state index contributed by atoms with van der Waals surface area (Å²) in [4.78, 5) is 40.3. The fourth-order valence-electron chi connectivity index (χ4n) is 3.12. The van der Waals surface area contributed by atoms with Crippen molar-refractivity contribution in [1.82, 2.24) is 15.5 Å². The number of rotatable bonds is 6. The summed E-state index contributed by atoms with van der Waals surface area (Å²) in [5.74, 6) is -0.827. The lowest BCUT2D eigenvalue weighted by atomic mass is 9.92. The molecule has 0 bridgehead atoms. The van der Waals surface area contributed by atoms with Gasteiger partial charge in [-0.3, -0.25) is 14.5 Å². The van der Waals surface area contributed by atoms with Crippen LogP contribution in [0.15, 0.2) is 54.6 Å². The first-order valence-electron chi connectivity index (χ1n) is 9.04. The number of amides is 4. The Hall–Kier alpha value is -3.35. The normalized spacial score (nSPS) is 18.8. The molecule has 2 N–H and O–H groups in total. The summed E-state index contributed by atoms with van der Waals surface area (Å²) in [5.41, 5.74) is 1.51. The van der Waals surface area contributed by atoms with E-state index >= 15 is 0 Å². The van der Waals surface area contributed by atoms with Crippen LogP contribution in [0.3, 0.4) is 0 Å². The monoisotopic (exact) mass is 380 g/mol. The molecule has 0 aromatic heterocycles. The lowest BCUT2D eigenvalue weighted by Gasteiger charge is -2.22. The Labute approximate surface area is 164 Å². The van der Waals surface area contributed by atoms with Gasteiger partial charge in [0.15, 0.2) is 0 Å². The second kappa shape index (κ2) is 7.72. The van der Waals surface area contributed by atoms with Crippen LogP contribution < -0.4 is 15.5 Å². The molecule has 7 heteroatoms. The van der Waals surface area contributed by atoms with Gasteiger partial charge in [0.2, 0.25) is 5.91 Å². The molecule has 0 radical (unpaired) electrons. The fraction of sp³-hybridized carbons (Fsp3) is 0.286. The van der Waals surface area contributed by atoms with Crippen molar-refractivity contribution in [3.8, 4) is 0 Å². The summed E-state index contributed by atoms with van der Waals surface area (Å²) >= 11 is 0. The van der Waals surface area contributed by atoms with E-state index in [-0.39, 0.29) is 6.54 Å². The zero-order valence-electron chi connectivity index (χ0n) is 16.2. The third-order valence-electron chi connectivity index (χ3n) is 4.87. The maximum atomic E-state index is 12.8. The molecule has 1 aliphatic rings. The summed E-state index contributed by atoms with van der Waals surface area (Å²) in [6.07, 6.45) is 0. The highest BCUT2D eigenvalue weighted by atomic mass is 16.2. The van der Waals surface area contributed by atoms with Crippen LogP contribution in [0.5, 0.6) is 0 Å². The summed E-state index contributed by atoms with van der Waals surface area (Å²) in [7, 11) is 3.91. The average Bonchev–Trinajstić information content (AvgIpc) is 2.91. The van der Waals surface area contributed by atoms with Crippen molar-refractivity contribution in [3.05, 3.63) is 65.7 Å². The second-order valence-corrected chi connectivity index (χ2v) is 7.15. The first-order valence-corrected chi connectivity index (χ1v) is 9.04. The molecule has 0 aliphatic carbocycles. The van der Waals surface area contributed by atoms with Gasteiger partial charge in [-0.25, -0.2) is 4.79 Å². The molecular weight excluding hydrogens is 356 g/mol. The molecule has 7 nitrogen and oxygen atoms in total. The summed E-state index contributed by atoms with van der Waals surface area (Å²) in [5, 5.41) is 5.45. The van der Waals surface area contributed by atoms with Gasteiger partial charge in [0.05, 0.1) is 0 Å². The number of carbonyl (C=O) groups is 3. The molecule has 3 rings (SSSR count). The van der Waals surface area contributed by atoms with Crippen molar-refractivity contribution in [2.75, 3.05) is 25.5 Å². The van der Waals surface area contributed by atoms with E-state index in [1.165, 1.54) is 0 Å². The summed E-state index contributed by atoms with van der Waals surface area (Å²) in [6, 6.07) is 16.2. The van der Waals surface area contributed by atoms with Crippen LogP contribution in [0, 0.1) is 0 Å². The summed E-state index contributed by atoms with van der Waals surface area (Å²) < 4.78 is 0. The number of hydrogen-bond donors (Lipinski definition) is 2. The Morgan fingerprint density at radius 2 is 1.71 bits per heavy atom. The molecule has 0 saturated carbocycles. The van der Waals surface area contributed by atoms with Crippen LogP contribution in [0.1, 0.15) is 18.1 Å². The second-order valence-electron chi connectivity index (χ2n) is 7.15. The predicted molar refractivity (Wildman–Crippen MR) is 107 cm³/mol. The number of carbonyl (C=O) groups excluding carboxylic acids is 3. The van der Waals surface area contributed by atoms with Crippen LogP contribution in [0.4, 0.5) is 10.5 Å². The SMILES string of the molecule is CN(C)c1ccc(CNC(=O)CN2C(=O)N[C@@](C)(c3ccccc3)C2=O)cc1. The minimum absolute atomic E-state index is 0.317. The summed E-state index contributed by atoms with van der Waals surface area (Å²) in [6.45, 7) is 1.65. The van der Waals surface area contributed by atoms with Crippen molar-refractivity contribution < 1.29 is 14.4 Å². The predicted octanol–water partition coefficient (Wildman–Crippen LogP) is 1.84. The van der Waals surface area contributed by atoms with E-state index in [4.69, 9.17) is 0 Å². The van der Waals surface area contributed by atoms with Gasteiger partial charge in [0.1, 0.15) is 12.1 Å². The highest BCUT2D eigenvalue weighted by Crippen LogP contribution is 2.28. The molecule has 2 aromatic carbocycles. The lowest BCUT2D eigenvalue weighted by Crippen LogP contribution is -2.43. The van der Waals surface area contributed by atoms with Crippen molar-refractivity contribution in [2.24, 2.45) is 0 Å². The molecular formula is C21H24N4O3. The van der Waals surface area contributed by atoms with Crippen LogP contribution in [-0.4, -0.2) is 43.4 Å². The molecule has 1 fully saturated rings. The minimum atomic E-state index is -1.17. The molecule has 28 heavy (non-hydrogen) atoms. The van der Waals surface area contributed by atoms with Gasteiger partial charge in [-0.15, -0.1) is 0 Å². The quantitative estimate of drug-likeness (QED) is 0.750. The van der Waals surface area contributed by atoms with Crippen molar-refractivity contribution in [3.63, 3.8) is 0 Å². The molecule has 1 aliphatic heterocycles. The Morgan fingerprint density at radius 1 is 1.07 bits per heavy atom. The van der Waals surface area contributed by atoms with Gasteiger partial charge in [0.25, 0.3) is 5.91 Å². The number of nitrogens with zero attached hydrogens (tertiary/aromatic N) is 2. The first-order chi connectivity index (χ1) is 13.3. The van der Waals surface area contributed by atoms with E-state index in [2.05, 4.69) is 10.6 Å². The molecule has 0 spiro atoms. The number of urea groups is 1. The van der Waals surface area contributed by atoms with Gasteiger partial charge in [0, 0.05) is 26.3 Å². The van der Waals surface area contributed by atoms with Gasteiger partial charge in [-0.1, -0.05) is 42.5 Å². The zero-order chi connectivity index (χ0) is 20.3. The highest BCUT2D eigenvalue weighted by Gasteiger charge is 2.49. The number of nitrogens with one attached hydrogen (secondary N) is 2. The third-order valence-corrected chi connectivity index (χ3v) is 4.87. The van der Waals surface area contributed by atoms with Gasteiger partial charge in [-0.05, 0) is 30.2 Å². The molecule has 2 aromatic rings. The maximum Gasteiger partial charge on any atom is 0.325 e. The van der Waals surface area contributed by atoms with Crippen LogP contribution in [-0.2, 0) is 21.7 Å². The molecule has 146 valence electrons. The van der Waals surface area contributed by atoms with E-state index in [0.717, 1.165) is 16.2 Å². The van der Waals surface area contributed by atoms with E-state index in [1.54, 1.807) is 31.2 Å². The Morgan fingerprint density at radius 3 is 2.32 bits per heavy atom. The number of benzene rings is 2. The smallest absolute Gasteiger partial charge is 0.325 e. The minimum Gasteiger partial charge on any atom is -0.378 e. The zero-order valence-corrected chi connectivity index (χ0v) is 16.2. The Bertz CT molecular complexity index is 880. The topological polar surface area (TPSA) is 81.8 Å². The van der Waals surface area contributed by atoms with Crippen LogP contribution >= 0.6 is 0 Å². The number of imide groups is 1. The lowest BCUT2D eigenvalue weighted by molar-refractivity contribution is -0.134. The van der Waals surface area contributed by atoms with Crippen LogP contribution in [0.25, 0.3) is 0 Å². The van der Waals surface area contributed by atoms with E-state index in [9.17, 15) is 14.4 Å². The molecule has 0 unspecified atom stereocenters. The molecule has 1 heterocycles. The fourth-order valence-corrected chi connectivity index (χ4v) is 3.12. The van der Waals surface area contributed by atoms with Crippen molar-refractivity contribution in [1.29, 1.82) is 0 Å². The van der Waals surface area contributed by atoms with Crippen molar-refractivity contribution >= 4 is 23.5 Å². The first kappa shape index (κ1) is 19.4. The Balaban J connectivity index is 1.61. The van der Waals surface area contributed by atoms with E-state index < -0.39 is 23.4 Å². The van der Waals surface area contributed by atoms with E-state index in [1.807, 2.05) is 49.3 Å². The standard InChI is InChI=1S/C21H24N4O3/c1-21(16-7-5-4-6-8-16)19(27)25(20(28)23-21)14-18(26)22-13-15-9-11-17(12-10-15)24(2)3/h4-12H,13-14H2,1-3H3,(H,22,26)(H,23,28)/t21-/m0/s1. The molecule has 1 atom stereocenters. The number of hydrogen-bond acceptors (Lipinski definition) is 4. The maximum absolute atomic E-state index is 12.8. The van der Waals surface area contributed by atoms with Gasteiger partial charge in [-0.2, -0.15) is 0 Å². The Kier molecular flexibility index (Phi) is 5.35. The third kappa shape index (κ3) is 3.83. The van der Waals surface area contributed by atoms with Crippen LogP contribution in [0.2, 0.25) is 0 Å². The van der Waals surface area contributed by atoms with E-state index in [0.29, 0.717) is 12.1 Å².